The van der Waals surface area contributed by atoms with Gasteiger partial charge in [-0.05, 0) is 40.0 Å². The lowest BCUT2D eigenvalue weighted by atomic mass is 10.1. The van der Waals surface area contributed by atoms with Crippen molar-refractivity contribution in [3.05, 3.63) is 0 Å². The Morgan fingerprint density at radius 2 is 1.86 bits per heavy atom. The molecule has 0 radical (unpaired) electrons. The summed E-state index contributed by atoms with van der Waals surface area (Å²) in [6.07, 6.45) is 2.10. The fourth-order valence-corrected chi connectivity index (χ4v) is 2.21. The Bertz CT molecular complexity index is 357. The summed E-state index contributed by atoms with van der Waals surface area (Å²) in [5.74, 6) is -0.350. The molecule has 122 valence electrons. The van der Waals surface area contributed by atoms with E-state index in [1.54, 1.807) is 4.90 Å². The molecule has 0 aromatic carbocycles. The van der Waals surface area contributed by atoms with E-state index in [0.717, 1.165) is 12.8 Å². The number of amides is 1. The summed E-state index contributed by atoms with van der Waals surface area (Å²) in [6, 6.07) is -0.413. The molecule has 1 heterocycles. The second-order valence-corrected chi connectivity index (χ2v) is 6.44. The molecule has 0 aliphatic carbocycles. The molecule has 0 saturated carbocycles. The molecule has 1 amide bonds. The third kappa shape index (κ3) is 6.44. The van der Waals surface area contributed by atoms with Gasteiger partial charge in [0.15, 0.2) is 0 Å². The second-order valence-electron chi connectivity index (χ2n) is 6.44. The van der Waals surface area contributed by atoms with E-state index in [4.69, 9.17) is 15.2 Å². The molecule has 0 aromatic rings. The van der Waals surface area contributed by atoms with Gasteiger partial charge >= 0.3 is 5.97 Å². The van der Waals surface area contributed by atoms with Gasteiger partial charge in [-0.2, -0.15) is 0 Å². The zero-order valence-electron chi connectivity index (χ0n) is 13.6. The summed E-state index contributed by atoms with van der Waals surface area (Å²) in [5, 5.41) is 0. The number of carbonyl (C=O) groups excluding carboxylic acids is 2. The van der Waals surface area contributed by atoms with E-state index in [0.29, 0.717) is 19.5 Å². The van der Waals surface area contributed by atoms with Crippen LogP contribution in [0.5, 0.6) is 0 Å². The Morgan fingerprint density at radius 1 is 1.29 bits per heavy atom. The fourth-order valence-electron chi connectivity index (χ4n) is 2.21. The van der Waals surface area contributed by atoms with E-state index in [1.165, 1.54) is 0 Å². The lowest BCUT2D eigenvalue weighted by molar-refractivity contribution is -0.163. The number of likely N-dealkylation sites (tertiary alicyclic amines) is 1. The predicted molar refractivity (Wildman–Crippen MR) is 79.7 cm³/mol. The van der Waals surface area contributed by atoms with E-state index in [2.05, 4.69) is 0 Å². The number of piperidine rings is 1. The molecule has 1 atom stereocenters. The highest BCUT2D eigenvalue weighted by Gasteiger charge is 2.26. The van der Waals surface area contributed by atoms with Crippen LogP contribution in [0.4, 0.5) is 0 Å². The number of carbonyl (C=O) groups is 2. The average Bonchev–Trinajstić information content (AvgIpc) is 2.42. The Morgan fingerprint density at radius 3 is 2.33 bits per heavy atom. The van der Waals surface area contributed by atoms with Crippen LogP contribution in [0.1, 0.15) is 47.0 Å². The number of ether oxygens (including phenoxy) is 2. The zero-order valence-corrected chi connectivity index (χ0v) is 13.6. The van der Waals surface area contributed by atoms with Gasteiger partial charge < -0.3 is 20.1 Å². The summed E-state index contributed by atoms with van der Waals surface area (Å²) in [7, 11) is 0. The molecule has 0 aromatic heterocycles. The molecule has 0 spiro atoms. The first kappa shape index (κ1) is 17.9. The van der Waals surface area contributed by atoms with Crippen molar-refractivity contribution in [1.29, 1.82) is 0 Å². The van der Waals surface area contributed by atoms with Gasteiger partial charge in [0, 0.05) is 13.1 Å². The van der Waals surface area contributed by atoms with Gasteiger partial charge in [-0.25, -0.2) is 4.79 Å². The first-order valence-electron chi connectivity index (χ1n) is 7.60. The van der Waals surface area contributed by atoms with Crippen molar-refractivity contribution in [3.63, 3.8) is 0 Å². The molecule has 1 fully saturated rings. The standard InChI is InChI=1S/C15H28N2O4/c1-5-12(16)14(19)17-8-6-11(7-9-17)20-10-13(18)21-15(2,3)4/h11-12H,5-10,16H2,1-4H3. The Labute approximate surface area is 126 Å². The maximum Gasteiger partial charge on any atom is 0.332 e. The quantitative estimate of drug-likeness (QED) is 0.768. The van der Waals surface area contributed by atoms with Crippen LogP contribution in [-0.2, 0) is 19.1 Å². The van der Waals surface area contributed by atoms with Gasteiger partial charge in [-0.3, -0.25) is 4.79 Å². The Hall–Kier alpha value is -1.14. The van der Waals surface area contributed by atoms with Crippen molar-refractivity contribution in [1.82, 2.24) is 4.90 Å². The lowest BCUT2D eigenvalue weighted by Crippen LogP contribution is -2.48. The summed E-state index contributed by atoms with van der Waals surface area (Å²) in [5.41, 5.74) is 5.26. The minimum atomic E-state index is -0.494. The molecule has 0 bridgehead atoms. The molecule has 1 aliphatic rings. The van der Waals surface area contributed by atoms with Crippen LogP contribution < -0.4 is 5.73 Å². The molecule has 21 heavy (non-hydrogen) atoms. The number of hydrogen-bond donors (Lipinski definition) is 1. The van der Waals surface area contributed by atoms with Gasteiger partial charge in [-0.15, -0.1) is 0 Å². The first-order valence-corrected chi connectivity index (χ1v) is 7.60. The normalized spacial score (nSPS) is 18.4. The van der Waals surface area contributed by atoms with E-state index in [9.17, 15) is 9.59 Å². The van der Waals surface area contributed by atoms with Gasteiger partial charge in [-0.1, -0.05) is 6.92 Å². The van der Waals surface area contributed by atoms with Gasteiger partial charge in [0.25, 0.3) is 0 Å². The number of hydrogen-bond acceptors (Lipinski definition) is 5. The van der Waals surface area contributed by atoms with Gasteiger partial charge in [0.1, 0.15) is 12.2 Å². The van der Waals surface area contributed by atoms with E-state index >= 15 is 0 Å². The maximum atomic E-state index is 11.9. The molecule has 6 nitrogen and oxygen atoms in total. The third-order valence-electron chi connectivity index (χ3n) is 3.37. The highest BCUT2D eigenvalue weighted by Crippen LogP contribution is 2.15. The Balaban J connectivity index is 2.28. The van der Waals surface area contributed by atoms with Crippen molar-refractivity contribution in [2.45, 2.75) is 64.7 Å². The van der Waals surface area contributed by atoms with Crippen LogP contribution >= 0.6 is 0 Å². The van der Waals surface area contributed by atoms with E-state index < -0.39 is 11.6 Å². The monoisotopic (exact) mass is 300 g/mol. The predicted octanol–water partition coefficient (Wildman–Crippen LogP) is 1.07. The smallest absolute Gasteiger partial charge is 0.332 e. The van der Waals surface area contributed by atoms with Gasteiger partial charge in [0.05, 0.1) is 12.1 Å². The van der Waals surface area contributed by atoms with Crippen molar-refractivity contribution < 1.29 is 19.1 Å². The molecule has 1 unspecified atom stereocenters. The summed E-state index contributed by atoms with van der Waals surface area (Å²) in [4.78, 5) is 25.3. The second kappa shape index (κ2) is 7.75. The Kier molecular flexibility index (Phi) is 6.61. The molecular formula is C15H28N2O4. The highest BCUT2D eigenvalue weighted by atomic mass is 16.6. The highest BCUT2D eigenvalue weighted by molar-refractivity contribution is 5.81. The zero-order chi connectivity index (χ0) is 16.0. The van der Waals surface area contributed by atoms with Crippen molar-refractivity contribution in [3.8, 4) is 0 Å². The van der Waals surface area contributed by atoms with Gasteiger partial charge in [0.2, 0.25) is 5.91 Å². The van der Waals surface area contributed by atoms with Crippen LogP contribution in [0, 0.1) is 0 Å². The molecule has 1 aliphatic heterocycles. The molecular weight excluding hydrogens is 272 g/mol. The van der Waals surface area contributed by atoms with E-state index in [1.807, 2.05) is 27.7 Å². The maximum absolute atomic E-state index is 11.9. The van der Waals surface area contributed by atoms with E-state index in [-0.39, 0.29) is 24.6 Å². The number of rotatable bonds is 5. The van der Waals surface area contributed by atoms with Crippen LogP contribution in [-0.4, -0.2) is 54.2 Å². The minimum absolute atomic E-state index is 0.000538. The number of esters is 1. The molecule has 1 saturated heterocycles. The number of nitrogens with zero attached hydrogens (tertiary/aromatic N) is 1. The largest absolute Gasteiger partial charge is 0.458 e. The first-order chi connectivity index (χ1) is 9.73. The third-order valence-corrected chi connectivity index (χ3v) is 3.37. The average molecular weight is 300 g/mol. The number of nitrogens with two attached hydrogens (primary N) is 1. The molecule has 6 heteroatoms. The fraction of sp³-hybridized carbons (Fsp3) is 0.867. The van der Waals surface area contributed by atoms with Crippen molar-refractivity contribution in [2.75, 3.05) is 19.7 Å². The minimum Gasteiger partial charge on any atom is -0.458 e. The molecule has 2 N–H and O–H groups in total. The molecule has 1 rings (SSSR count). The van der Waals surface area contributed by atoms with Crippen molar-refractivity contribution >= 4 is 11.9 Å². The lowest BCUT2D eigenvalue weighted by Gasteiger charge is -2.33. The summed E-state index contributed by atoms with van der Waals surface area (Å²) >= 11 is 0. The van der Waals surface area contributed by atoms with Crippen molar-refractivity contribution in [2.24, 2.45) is 5.73 Å². The van der Waals surface area contributed by atoms with Crippen LogP contribution in [0.15, 0.2) is 0 Å². The van der Waals surface area contributed by atoms with Crippen LogP contribution in [0.2, 0.25) is 0 Å². The SMILES string of the molecule is CCC(N)C(=O)N1CCC(OCC(=O)OC(C)(C)C)CC1. The summed E-state index contributed by atoms with van der Waals surface area (Å²) < 4.78 is 10.8. The summed E-state index contributed by atoms with van der Waals surface area (Å²) in [6.45, 7) is 8.60. The van der Waals surface area contributed by atoms with Crippen LogP contribution in [0.25, 0.3) is 0 Å². The topological polar surface area (TPSA) is 81.9 Å². The van der Waals surface area contributed by atoms with Crippen LogP contribution in [0.3, 0.4) is 0 Å².